The highest BCUT2D eigenvalue weighted by molar-refractivity contribution is 7.89. The molecule has 5 heteroatoms. The van der Waals surface area contributed by atoms with Crippen LogP contribution in [0.1, 0.15) is 18.4 Å². The lowest BCUT2D eigenvalue weighted by atomic mass is 10.2. The number of anilines is 1. The summed E-state index contributed by atoms with van der Waals surface area (Å²) < 4.78 is 26.4. The molecule has 0 saturated heterocycles. The number of nitrogens with one attached hydrogen (secondary N) is 1. The van der Waals surface area contributed by atoms with Crippen molar-refractivity contribution in [1.82, 2.24) is 4.72 Å². The van der Waals surface area contributed by atoms with Crippen molar-refractivity contribution in [3.05, 3.63) is 23.8 Å². The van der Waals surface area contributed by atoms with Crippen LogP contribution in [0.2, 0.25) is 0 Å². The van der Waals surface area contributed by atoms with Crippen molar-refractivity contribution >= 4 is 15.7 Å². The quantitative estimate of drug-likeness (QED) is 0.778. The average molecular weight is 240 g/mol. The van der Waals surface area contributed by atoms with Gasteiger partial charge < -0.3 is 5.73 Å². The lowest BCUT2D eigenvalue weighted by Gasteiger charge is -2.07. The lowest BCUT2D eigenvalue weighted by Crippen LogP contribution is -2.25. The predicted octanol–water partition coefficient (Wildman–Crippen LogP) is 1.27. The fourth-order valence-corrected chi connectivity index (χ4v) is 2.65. The number of nitrogen functional groups attached to an aromatic ring is 1. The van der Waals surface area contributed by atoms with Gasteiger partial charge in [-0.05, 0) is 49.4 Å². The van der Waals surface area contributed by atoms with E-state index in [1.165, 1.54) is 6.07 Å². The standard InChI is InChI=1S/C11H16N2O2S/c1-8-6-10(4-5-11(8)12)16(14,15)13-7-9-2-3-9/h4-6,9,13H,2-3,7,12H2,1H3. The fourth-order valence-electron chi connectivity index (χ4n) is 1.45. The molecule has 16 heavy (non-hydrogen) atoms. The number of sulfonamides is 1. The van der Waals surface area contributed by atoms with E-state index in [0.717, 1.165) is 18.4 Å². The number of hydrogen-bond donors (Lipinski definition) is 2. The number of benzene rings is 1. The van der Waals surface area contributed by atoms with Gasteiger partial charge in [0.1, 0.15) is 0 Å². The lowest BCUT2D eigenvalue weighted by molar-refractivity contribution is 0.577. The summed E-state index contributed by atoms with van der Waals surface area (Å²) in [5, 5.41) is 0. The number of hydrogen-bond acceptors (Lipinski definition) is 3. The van der Waals surface area contributed by atoms with Crippen LogP contribution in [0.5, 0.6) is 0 Å². The average Bonchev–Trinajstić information content (AvgIpc) is 3.03. The highest BCUT2D eigenvalue weighted by atomic mass is 32.2. The first-order valence-corrected chi connectivity index (χ1v) is 6.83. The number of rotatable bonds is 4. The van der Waals surface area contributed by atoms with E-state index in [1.807, 2.05) is 0 Å². The Morgan fingerprint density at radius 3 is 2.69 bits per heavy atom. The summed E-state index contributed by atoms with van der Waals surface area (Å²) in [6, 6.07) is 4.77. The molecule has 0 heterocycles. The zero-order valence-corrected chi connectivity index (χ0v) is 10.0. The molecule has 0 aliphatic heterocycles. The van der Waals surface area contributed by atoms with Gasteiger partial charge in [0.2, 0.25) is 10.0 Å². The van der Waals surface area contributed by atoms with Gasteiger partial charge in [0.25, 0.3) is 0 Å². The van der Waals surface area contributed by atoms with Gasteiger partial charge >= 0.3 is 0 Å². The molecule has 1 fully saturated rings. The molecule has 0 spiro atoms. The third-order valence-electron chi connectivity index (χ3n) is 2.81. The summed E-state index contributed by atoms with van der Waals surface area (Å²) >= 11 is 0. The minimum atomic E-state index is -3.36. The molecule has 0 amide bonds. The maximum absolute atomic E-state index is 11.9. The van der Waals surface area contributed by atoms with Gasteiger partial charge in [-0.15, -0.1) is 0 Å². The van der Waals surface area contributed by atoms with Gasteiger partial charge in [-0.3, -0.25) is 0 Å². The molecule has 0 bridgehead atoms. The zero-order valence-electron chi connectivity index (χ0n) is 9.23. The Morgan fingerprint density at radius 1 is 1.44 bits per heavy atom. The third kappa shape index (κ3) is 2.54. The molecule has 2 rings (SSSR count). The summed E-state index contributed by atoms with van der Waals surface area (Å²) in [7, 11) is -3.36. The molecule has 0 unspecified atom stereocenters. The molecule has 1 saturated carbocycles. The van der Waals surface area contributed by atoms with Crippen LogP contribution >= 0.6 is 0 Å². The second-order valence-electron chi connectivity index (χ2n) is 4.31. The van der Waals surface area contributed by atoms with E-state index in [9.17, 15) is 8.42 Å². The van der Waals surface area contributed by atoms with Crippen LogP contribution in [0.15, 0.2) is 23.1 Å². The first-order chi connectivity index (χ1) is 7.49. The molecule has 88 valence electrons. The van der Waals surface area contributed by atoms with Crippen LogP contribution in [0.3, 0.4) is 0 Å². The number of nitrogens with two attached hydrogens (primary N) is 1. The molecule has 3 N–H and O–H groups in total. The molecule has 1 aromatic rings. The first kappa shape index (κ1) is 11.4. The molecular weight excluding hydrogens is 224 g/mol. The molecule has 0 aromatic heterocycles. The van der Waals surface area contributed by atoms with Gasteiger partial charge in [-0.25, -0.2) is 13.1 Å². The van der Waals surface area contributed by atoms with Crippen LogP contribution in [0.4, 0.5) is 5.69 Å². The van der Waals surface area contributed by atoms with E-state index in [4.69, 9.17) is 5.73 Å². The van der Waals surface area contributed by atoms with E-state index >= 15 is 0 Å². The van der Waals surface area contributed by atoms with Crippen molar-refractivity contribution in [2.75, 3.05) is 12.3 Å². The molecule has 1 aliphatic carbocycles. The van der Waals surface area contributed by atoms with Gasteiger partial charge in [0, 0.05) is 12.2 Å². The molecule has 0 atom stereocenters. The van der Waals surface area contributed by atoms with Crippen LogP contribution < -0.4 is 10.5 Å². The van der Waals surface area contributed by atoms with E-state index in [-0.39, 0.29) is 0 Å². The molecule has 0 radical (unpaired) electrons. The van der Waals surface area contributed by atoms with Gasteiger partial charge in [-0.1, -0.05) is 0 Å². The summed E-state index contributed by atoms with van der Waals surface area (Å²) in [6.07, 6.45) is 2.26. The van der Waals surface area contributed by atoms with E-state index in [1.54, 1.807) is 19.1 Å². The van der Waals surface area contributed by atoms with E-state index < -0.39 is 10.0 Å². The molecule has 1 aliphatic rings. The zero-order chi connectivity index (χ0) is 11.8. The Hall–Kier alpha value is -1.07. The summed E-state index contributed by atoms with van der Waals surface area (Å²) in [5.41, 5.74) is 7.05. The van der Waals surface area contributed by atoms with Gasteiger partial charge in [-0.2, -0.15) is 0 Å². The Balaban J connectivity index is 2.17. The summed E-state index contributed by atoms with van der Waals surface area (Å²) in [4.78, 5) is 0.292. The fraction of sp³-hybridized carbons (Fsp3) is 0.455. The van der Waals surface area contributed by atoms with Crippen molar-refractivity contribution in [2.24, 2.45) is 5.92 Å². The summed E-state index contributed by atoms with van der Waals surface area (Å²) in [5.74, 6) is 0.532. The van der Waals surface area contributed by atoms with Gasteiger partial charge in [0.05, 0.1) is 4.90 Å². The van der Waals surface area contributed by atoms with Crippen LogP contribution in [-0.4, -0.2) is 15.0 Å². The topological polar surface area (TPSA) is 72.2 Å². The first-order valence-electron chi connectivity index (χ1n) is 5.35. The molecule has 4 nitrogen and oxygen atoms in total. The Labute approximate surface area is 95.9 Å². The van der Waals surface area contributed by atoms with Crippen molar-refractivity contribution < 1.29 is 8.42 Å². The summed E-state index contributed by atoms with van der Waals surface area (Å²) in [6.45, 7) is 2.35. The Kier molecular flexibility index (Phi) is 2.90. The predicted molar refractivity (Wildman–Crippen MR) is 63.5 cm³/mol. The normalized spacial score (nSPS) is 16.3. The van der Waals surface area contributed by atoms with Crippen LogP contribution in [-0.2, 0) is 10.0 Å². The monoisotopic (exact) mass is 240 g/mol. The minimum absolute atomic E-state index is 0.292. The highest BCUT2D eigenvalue weighted by Gasteiger charge is 2.24. The van der Waals surface area contributed by atoms with E-state index in [2.05, 4.69) is 4.72 Å². The largest absolute Gasteiger partial charge is 0.399 e. The maximum atomic E-state index is 11.9. The van der Waals surface area contributed by atoms with Crippen LogP contribution in [0, 0.1) is 12.8 Å². The van der Waals surface area contributed by atoms with Gasteiger partial charge in [0.15, 0.2) is 0 Å². The van der Waals surface area contributed by atoms with Crippen molar-refractivity contribution in [3.8, 4) is 0 Å². The second-order valence-corrected chi connectivity index (χ2v) is 6.08. The number of aryl methyl sites for hydroxylation is 1. The SMILES string of the molecule is Cc1cc(S(=O)(=O)NCC2CC2)ccc1N. The Bertz CT molecular complexity index is 493. The van der Waals surface area contributed by atoms with E-state index in [0.29, 0.717) is 23.0 Å². The second kappa shape index (κ2) is 4.07. The van der Waals surface area contributed by atoms with Crippen molar-refractivity contribution in [3.63, 3.8) is 0 Å². The smallest absolute Gasteiger partial charge is 0.240 e. The van der Waals surface area contributed by atoms with Crippen molar-refractivity contribution in [2.45, 2.75) is 24.7 Å². The molecular formula is C11H16N2O2S. The highest BCUT2D eigenvalue weighted by Crippen LogP contribution is 2.28. The van der Waals surface area contributed by atoms with Crippen LogP contribution in [0.25, 0.3) is 0 Å². The van der Waals surface area contributed by atoms with Crippen molar-refractivity contribution in [1.29, 1.82) is 0 Å². The molecule has 1 aromatic carbocycles. The third-order valence-corrected chi connectivity index (χ3v) is 4.23. The Morgan fingerprint density at radius 2 is 2.12 bits per heavy atom. The maximum Gasteiger partial charge on any atom is 0.240 e. The minimum Gasteiger partial charge on any atom is -0.399 e.